The van der Waals surface area contributed by atoms with E-state index in [1.54, 1.807) is 0 Å². The highest BCUT2D eigenvalue weighted by Crippen LogP contribution is 2.29. The number of ether oxygens (including phenoxy) is 1. The summed E-state index contributed by atoms with van der Waals surface area (Å²) < 4.78 is 5.57. The van der Waals surface area contributed by atoms with Gasteiger partial charge in [-0.15, -0.1) is 0 Å². The Morgan fingerprint density at radius 1 is 1.28 bits per heavy atom. The summed E-state index contributed by atoms with van der Waals surface area (Å²) in [4.78, 5) is 34.5. The van der Waals surface area contributed by atoms with E-state index in [1.165, 1.54) is 5.56 Å². The number of benzene rings is 1. The fourth-order valence-corrected chi connectivity index (χ4v) is 3.05. The number of carboxylic acids is 1. The van der Waals surface area contributed by atoms with E-state index in [9.17, 15) is 14.4 Å². The largest absolute Gasteiger partial charge is 0.483 e. The van der Waals surface area contributed by atoms with Crippen LogP contribution in [-0.4, -0.2) is 53.9 Å². The first-order chi connectivity index (χ1) is 12.0. The molecule has 1 heterocycles. The van der Waals surface area contributed by atoms with E-state index in [0.29, 0.717) is 18.0 Å². The Balaban J connectivity index is 1.86. The Kier molecular flexibility index (Phi) is 6.94. The molecule has 0 saturated carbocycles. The lowest BCUT2D eigenvalue weighted by molar-refractivity contribution is -0.138. The average molecular weight is 348 g/mol. The molecule has 1 aliphatic heterocycles. The van der Waals surface area contributed by atoms with Gasteiger partial charge in [-0.05, 0) is 56.0 Å². The number of carbonyl (C=O) groups is 3. The average Bonchev–Trinajstić information content (AvgIpc) is 2.59. The van der Waals surface area contributed by atoms with Crippen molar-refractivity contribution < 1.29 is 24.2 Å². The van der Waals surface area contributed by atoms with Crippen molar-refractivity contribution in [1.82, 2.24) is 4.90 Å². The van der Waals surface area contributed by atoms with Gasteiger partial charge in [0.2, 0.25) is 5.91 Å². The predicted molar refractivity (Wildman–Crippen MR) is 91.4 cm³/mol. The summed E-state index contributed by atoms with van der Waals surface area (Å²) in [6.45, 7) is 1.64. The number of nitrogens with zero attached hydrogens (tertiary/aromatic N) is 1. The number of likely N-dealkylation sites (tertiary alicyclic amines) is 1. The molecule has 0 radical (unpaired) electrons. The number of carboxylic acid groups (broad SMARTS) is 1. The standard InChI is InChI=1S/C18H24N2O5/c19-17(22)6-5-16(12-21)25-15-3-1-13(2-4-15)14-7-9-20(10-8-14)11-18(23)24/h1-4,12,14,16H,5-11H2,(H2,19,22)(H,23,24)/t16-/m0/s1. The number of hydrogen-bond acceptors (Lipinski definition) is 5. The summed E-state index contributed by atoms with van der Waals surface area (Å²) in [6.07, 6.45) is 2.21. The summed E-state index contributed by atoms with van der Waals surface area (Å²) in [7, 11) is 0. The summed E-state index contributed by atoms with van der Waals surface area (Å²) in [6, 6.07) is 7.59. The van der Waals surface area contributed by atoms with Gasteiger partial charge in [-0.2, -0.15) is 0 Å². The monoisotopic (exact) mass is 348 g/mol. The van der Waals surface area contributed by atoms with Crippen LogP contribution in [0.2, 0.25) is 0 Å². The van der Waals surface area contributed by atoms with Gasteiger partial charge in [-0.3, -0.25) is 19.3 Å². The van der Waals surface area contributed by atoms with Crippen molar-refractivity contribution in [2.24, 2.45) is 5.73 Å². The first kappa shape index (κ1) is 18.9. The van der Waals surface area contributed by atoms with Crippen molar-refractivity contribution in [1.29, 1.82) is 0 Å². The number of aliphatic carboxylic acids is 1. The van der Waals surface area contributed by atoms with Gasteiger partial charge in [0.25, 0.3) is 0 Å². The molecule has 0 aliphatic carbocycles. The van der Waals surface area contributed by atoms with Gasteiger partial charge >= 0.3 is 5.97 Å². The minimum Gasteiger partial charge on any atom is -0.483 e. The molecule has 7 heteroatoms. The Morgan fingerprint density at radius 3 is 2.44 bits per heavy atom. The van der Waals surface area contributed by atoms with Gasteiger partial charge in [0, 0.05) is 6.42 Å². The maximum atomic E-state index is 11.0. The minimum atomic E-state index is -0.791. The number of amides is 1. The molecule has 1 aliphatic rings. The Labute approximate surface area is 146 Å². The van der Waals surface area contributed by atoms with Crippen molar-refractivity contribution in [2.45, 2.75) is 37.7 Å². The highest BCUT2D eigenvalue weighted by molar-refractivity contribution is 5.74. The normalized spacial score (nSPS) is 17.0. The minimum absolute atomic E-state index is 0.0951. The van der Waals surface area contributed by atoms with Crippen molar-refractivity contribution >= 4 is 18.2 Å². The Morgan fingerprint density at radius 2 is 1.92 bits per heavy atom. The van der Waals surface area contributed by atoms with E-state index in [0.717, 1.165) is 25.9 Å². The van der Waals surface area contributed by atoms with E-state index >= 15 is 0 Å². The van der Waals surface area contributed by atoms with Crippen LogP contribution < -0.4 is 10.5 Å². The fourth-order valence-electron chi connectivity index (χ4n) is 3.05. The molecule has 0 spiro atoms. The van der Waals surface area contributed by atoms with Gasteiger partial charge in [0.1, 0.15) is 5.75 Å². The summed E-state index contributed by atoms with van der Waals surface area (Å²) in [5, 5.41) is 8.83. The van der Waals surface area contributed by atoms with Crippen LogP contribution in [0.4, 0.5) is 0 Å². The van der Waals surface area contributed by atoms with Crippen molar-refractivity contribution in [2.75, 3.05) is 19.6 Å². The van der Waals surface area contributed by atoms with Crippen LogP contribution >= 0.6 is 0 Å². The predicted octanol–water partition coefficient (Wildman–Crippen LogP) is 1.16. The van der Waals surface area contributed by atoms with Crippen LogP contribution in [0, 0.1) is 0 Å². The fraction of sp³-hybridized carbons (Fsp3) is 0.500. The summed E-state index contributed by atoms with van der Waals surface area (Å²) in [5.41, 5.74) is 6.26. The highest BCUT2D eigenvalue weighted by atomic mass is 16.5. The molecule has 0 unspecified atom stereocenters. The van der Waals surface area contributed by atoms with Gasteiger partial charge in [-0.25, -0.2) is 0 Å². The molecule has 1 aromatic carbocycles. The first-order valence-electron chi connectivity index (χ1n) is 8.42. The molecule has 1 aromatic rings. The molecule has 1 amide bonds. The third-order valence-electron chi connectivity index (χ3n) is 4.41. The van der Waals surface area contributed by atoms with E-state index in [-0.39, 0.29) is 19.4 Å². The zero-order chi connectivity index (χ0) is 18.2. The first-order valence-corrected chi connectivity index (χ1v) is 8.42. The maximum Gasteiger partial charge on any atom is 0.317 e. The van der Waals surface area contributed by atoms with Crippen LogP contribution in [-0.2, 0) is 14.4 Å². The molecular formula is C18H24N2O5. The zero-order valence-corrected chi connectivity index (χ0v) is 14.1. The third kappa shape index (κ3) is 6.19. The molecule has 7 nitrogen and oxygen atoms in total. The second-order valence-corrected chi connectivity index (χ2v) is 6.31. The second-order valence-electron chi connectivity index (χ2n) is 6.31. The molecule has 3 N–H and O–H groups in total. The molecule has 1 fully saturated rings. The van der Waals surface area contributed by atoms with Crippen molar-refractivity contribution in [3.05, 3.63) is 29.8 Å². The molecule has 0 aromatic heterocycles. The number of carbonyl (C=O) groups excluding carboxylic acids is 2. The van der Waals surface area contributed by atoms with E-state index < -0.39 is 18.0 Å². The van der Waals surface area contributed by atoms with Crippen LogP contribution in [0.25, 0.3) is 0 Å². The summed E-state index contributed by atoms with van der Waals surface area (Å²) >= 11 is 0. The van der Waals surface area contributed by atoms with Crippen LogP contribution in [0.3, 0.4) is 0 Å². The van der Waals surface area contributed by atoms with E-state index in [4.69, 9.17) is 15.6 Å². The molecule has 25 heavy (non-hydrogen) atoms. The lowest BCUT2D eigenvalue weighted by Gasteiger charge is -2.31. The molecule has 1 atom stereocenters. The topological polar surface area (TPSA) is 110 Å². The SMILES string of the molecule is NC(=O)CC[C@@H](C=O)Oc1ccc(C2CCN(CC(=O)O)CC2)cc1. The smallest absolute Gasteiger partial charge is 0.317 e. The van der Waals surface area contributed by atoms with Crippen molar-refractivity contribution in [3.63, 3.8) is 0 Å². The highest BCUT2D eigenvalue weighted by Gasteiger charge is 2.22. The number of primary amides is 1. The number of aldehydes is 1. The molecule has 2 rings (SSSR count). The number of hydrogen-bond donors (Lipinski definition) is 2. The van der Waals surface area contributed by atoms with E-state index in [1.807, 2.05) is 29.2 Å². The van der Waals surface area contributed by atoms with Gasteiger partial charge in [0.15, 0.2) is 12.4 Å². The Hall–Kier alpha value is -2.41. The third-order valence-corrected chi connectivity index (χ3v) is 4.41. The lowest BCUT2D eigenvalue weighted by Crippen LogP contribution is -2.36. The van der Waals surface area contributed by atoms with Crippen LogP contribution in [0.5, 0.6) is 5.75 Å². The number of piperidine rings is 1. The summed E-state index contributed by atoms with van der Waals surface area (Å²) in [5.74, 6) is -0.273. The number of nitrogens with two attached hydrogens (primary N) is 1. The van der Waals surface area contributed by atoms with Crippen molar-refractivity contribution in [3.8, 4) is 5.75 Å². The van der Waals surface area contributed by atoms with Gasteiger partial charge in [0.05, 0.1) is 6.54 Å². The molecule has 136 valence electrons. The molecule has 1 saturated heterocycles. The Bertz CT molecular complexity index is 594. The lowest BCUT2D eigenvalue weighted by atomic mass is 9.89. The molecular weight excluding hydrogens is 324 g/mol. The quantitative estimate of drug-likeness (QED) is 0.648. The number of rotatable bonds is 9. The molecule has 0 bridgehead atoms. The van der Waals surface area contributed by atoms with Gasteiger partial charge < -0.3 is 15.6 Å². The zero-order valence-electron chi connectivity index (χ0n) is 14.1. The van der Waals surface area contributed by atoms with Crippen LogP contribution in [0.1, 0.15) is 37.2 Å². The van der Waals surface area contributed by atoms with Gasteiger partial charge in [-0.1, -0.05) is 12.1 Å². The second kappa shape index (κ2) is 9.17. The van der Waals surface area contributed by atoms with Crippen LogP contribution in [0.15, 0.2) is 24.3 Å². The maximum absolute atomic E-state index is 11.0. The van der Waals surface area contributed by atoms with E-state index in [2.05, 4.69) is 0 Å².